The van der Waals surface area contributed by atoms with Crippen molar-refractivity contribution in [3.8, 4) is 0 Å². The van der Waals surface area contributed by atoms with Gasteiger partial charge in [-0.05, 0) is 51.1 Å². The maximum absolute atomic E-state index is 12.7. The van der Waals surface area contributed by atoms with E-state index in [0.29, 0.717) is 11.8 Å². The average molecular weight is 282 g/mol. The third-order valence-electron chi connectivity index (χ3n) is 4.89. The van der Waals surface area contributed by atoms with Crippen LogP contribution in [0.2, 0.25) is 0 Å². The van der Waals surface area contributed by atoms with Gasteiger partial charge in [-0.15, -0.1) is 0 Å². The Labute approximate surface area is 120 Å². The fourth-order valence-corrected chi connectivity index (χ4v) is 3.33. The molecule has 2 heterocycles. The smallest absolute Gasteiger partial charge is 0.303 e. The van der Waals surface area contributed by atoms with Crippen LogP contribution in [0.1, 0.15) is 45.4 Å². The summed E-state index contributed by atoms with van der Waals surface area (Å²) in [6.07, 6.45) is 4.75. The Morgan fingerprint density at radius 2 is 1.85 bits per heavy atom. The van der Waals surface area contributed by atoms with Gasteiger partial charge in [0.1, 0.15) is 0 Å². The molecule has 5 nitrogen and oxygen atoms in total. The second-order valence-corrected chi connectivity index (χ2v) is 6.48. The van der Waals surface area contributed by atoms with E-state index >= 15 is 0 Å². The summed E-state index contributed by atoms with van der Waals surface area (Å²) in [5, 5.41) is 12.0. The van der Waals surface area contributed by atoms with Gasteiger partial charge >= 0.3 is 5.97 Å². The molecule has 0 saturated carbocycles. The summed E-state index contributed by atoms with van der Waals surface area (Å²) >= 11 is 0. The van der Waals surface area contributed by atoms with E-state index in [1.165, 1.54) is 0 Å². The van der Waals surface area contributed by atoms with Crippen molar-refractivity contribution in [2.75, 3.05) is 26.2 Å². The molecular formula is C15H26N2O3. The highest BCUT2D eigenvalue weighted by Crippen LogP contribution is 2.32. The number of carbonyl (C=O) groups is 2. The van der Waals surface area contributed by atoms with E-state index in [9.17, 15) is 9.59 Å². The zero-order valence-corrected chi connectivity index (χ0v) is 12.4. The normalized spacial score (nSPS) is 23.6. The van der Waals surface area contributed by atoms with Crippen LogP contribution in [-0.4, -0.2) is 48.1 Å². The maximum Gasteiger partial charge on any atom is 0.303 e. The van der Waals surface area contributed by atoms with Gasteiger partial charge in [-0.3, -0.25) is 9.59 Å². The van der Waals surface area contributed by atoms with Crippen LogP contribution < -0.4 is 5.32 Å². The van der Waals surface area contributed by atoms with E-state index in [-0.39, 0.29) is 11.8 Å². The van der Waals surface area contributed by atoms with Crippen LogP contribution in [0.5, 0.6) is 0 Å². The first kappa shape index (κ1) is 15.3. The minimum absolute atomic E-state index is 0.195. The Balaban J connectivity index is 1.81. The number of likely N-dealkylation sites (tertiary alicyclic amines) is 1. The zero-order chi connectivity index (χ0) is 14.6. The minimum atomic E-state index is -0.717. The SMILES string of the molecule is CC1(C(=O)N2CCC(CCC(=O)O)CC2)CCNCC1. The molecule has 1 amide bonds. The van der Waals surface area contributed by atoms with Gasteiger partial charge in [-0.25, -0.2) is 0 Å². The molecular weight excluding hydrogens is 256 g/mol. The van der Waals surface area contributed by atoms with Crippen LogP contribution in [-0.2, 0) is 9.59 Å². The number of hydrogen-bond donors (Lipinski definition) is 2. The van der Waals surface area contributed by atoms with E-state index in [2.05, 4.69) is 12.2 Å². The van der Waals surface area contributed by atoms with Gasteiger partial charge in [0.2, 0.25) is 5.91 Å². The number of amides is 1. The summed E-state index contributed by atoms with van der Waals surface area (Å²) < 4.78 is 0. The van der Waals surface area contributed by atoms with Crippen LogP contribution in [0.25, 0.3) is 0 Å². The van der Waals surface area contributed by atoms with E-state index < -0.39 is 5.97 Å². The van der Waals surface area contributed by atoms with Crippen molar-refractivity contribution in [1.29, 1.82) is 0 Å². The van der Waals surface area contributed by atoms with E-state index in [1.807, 2.05) is 4.90 Å². The molecule has 5 heteroatoms. The predicted octanol–water partition coefficient (Wildman–Crippen LogP) is 1.48. The highest BCUT2D eigenvalue weighted by atomic mass is 16.4. The molecule has 0 aromatic heterocycles. The van der Waals surface area contributed by atoms with E-state index in [4.69, 9.17) is 5.11 Å². The lowest BCUT2D eigenvalue weighted by atomic mass is 9.79. The molecule has 114 valence electrons. The van der Waals surface area contributed by atoms with Gasteiger partial charge in [0.25, 0.3) is 0 Å². The number of aliphatic carboxylic acids is 1. The quantitative estimate of drug-likeness (QED) is 0.819. The molecule has 2 saturated heterocycles. The zero-order valence-electron chi connectivity index (χ0n) is 12.4. The Bertz CT molecular complexity index is 356. The third-order valence-corrected chi connectivity index (χ3v) is 4.89. The lowest BCUT2D eigenvalue weighted by Crippen LogP contribution is -2.50. The highest BCUT2D eigenvalue weighted by molar-refractivity contribution is 5.82. The lowest BCUT2D eigenvalue weighted by molar-refractivity contribution is -0.144. The predicted molar refractivity (Wildman–Crippen MR) is 76.4 cm³/mol. The minimum Gasteiger partial charge on any atom is -0.481 e. The number of carboxylic acids is 1. The van der Waals surface area contributed by atoms with Crippen LogP contribution in [0.15, 0.2) is 0 Å². The second-order valence-electron chi connectivity index (χ2n) is 6.48. The van der Waals surface area contributed by atoms with Crippen molar-refractivity contribution in [1.82, 2.24) is 10.2 Å². The maximum atomic E-state index is 12.7. The van der Waals surface area contributed by atoms with Gasteiger partial charge in [0, 0.05) is 24.9 Å². The Kier molecular flexibility index (Phi) is 5.02. The molecule has 0 unspecified atom stereocenters. The summed E-state index contributed by atoms with van der Waals surface area (Å²) in [5.74, 6) is 0.0531. The Morgan fingerprint density at radius 3 is 2.40 bits per heavy atom. The summed E-state index contributed by atoms with van der Waals surface area (Å²) in [6, 6.07) is 0. The van der Waals surface area contributed by atoms with Crippen LogP contribution >= 0.6 is 0 Å². The highest BCUT2D eigenvalue weighted by Gasteiger charge is 2.38. The molecule has 0 bridgehead atoms. The second kappa shape index (κ2) is 6.57. The molecule has 0 radical (unpaired) electrons. The van der Waals surface area contributed by atoms with Crippen molar-refractivity contribution in [3.63, 3.8) is 0 Å². The van der Waals surface area contributed by atoms with Gasteiger partial charge in [-0.1, -0.05) is 6.92 Å². The van der Waals surface area contributed by atoms with Crippen molar-refractivity contribution >= 4 is 11.9 Å². The Morgan fingerprint density at radius 1 is 1.25 bits per heavy atom. The number of nitrogens with zero attached hydrogens (tertiary/aromatic N) is 1. The van der Waals surface area contributed by atoms with Crippen LogP contribution in [0.4, 0.5) is 0 Å². The monoisotopic (exact) mass is 282 g/mol. The fourth-order valence-electron chi connectivity index (χ4n) is 3.33. The molecule has 20 heavy (non-hydrogen) atoms. The summed E-state index contributed by atoms with van der Waals surface area (Å²) in [4.78, 5) is 25.2. The van der Waals surface area contributed by atoms with Crippen molar-refractivity contribution in [3.05, 3.63) is 0 Å². The fraction of sp³-hybridized carbons (Fsp3) is 0.867. The van der Waals surface area contributed by atoms with E-state index in [1.54, 1.807) is 0 Å². The first-order valence-electron chi connectivity index (χ1n) is 7.73. The average Bonchev–Trinajstić information content (AvgIpc) is 2.45. The molecule has 2 aliphatic rings. The van der Waals surface area contributed by atoms with Crippen LogP contribution in [0, 0.1) is 11.3 Å². The Hall–Kier alpha value is -1.10. The molecule has 0 aromatic rings. The van der Waals surface area contributed by atoms with E-state index in [0.717, 1.165) is 58.3 Å². The van der Waals surface area contributed by atoms with Gasteiger partial charge < -0.3 is 15.3 Å². The number of hydrogen-bond acceptors (Lipinski definition) is 3. The largest absolute Gasteiger partial charge is 0.481 e. The summed E-state index contributed by atoms with van der Waals surface area (Å²) in [6.45, 7) is 5.54. The molecule has 0 atom stereocenters. The number of nitrogens with one attached hydrogen (secondary N) is 1. The first-order valence-corrected chi connectivity index (χ1v) is 7.73. The first-order chi connectivity index (χ1) is 9.51. The van der Waals surface area contributed by atoms with Gasteiger partial charge in [0.05, 0.1) is 0 Å². The summed E-state index contributed by atoms with van der Waals surface area (Å²) in [7, 11) is 0. The molecule has 2 rings (SSSR count). The number of carbonyl (C=O) groups excluding carboxylic acids is 1. The van der Waals surface area contributed by atoms with Crippen molar-refractivity contribution in [2.24, 2.45) is 11.3 Å². The van der Waals surface area contributed by atoms with Crippen molar-refractivity contribution < 1.29 is 14.7 Å². The van der Waals surface area contributed by atoms with Crippen LogP contribution in [0.3, 0.4) is 0 Å². The molecule has 0 aliphatic carbocycles. The molecule has 0 spiro atoms. The van der Waals surface area contributed by atoms with Gasteiger partial charge in [-0.2, -0.15) is 0 Å². The van der Waals surface area contributed by atoms with Gasteiger partial charge in [0.15, 0.2) is 0 Å². The molecule has 0 aromatic carbocycles. The number of piperidine rings is 2. The number of carboxylic acid groups (broad SMARTS) is 1. The molecule has 2 aliphatic heterocycles. The van der Waals surface area contributed by atoms with Crippen molar-refractivity contribution in [2.45, 2.75) is 45.4 Å². The topological polar surface area (TPSA) is 69.6 Å². The third kappa shape index (κ3) is 3.72. The standard InChI is InChI=1S/C15H26N2O3/c1-15(6-8-16-9-7-15)14(20)17-10-4-12(5-11-17)2-3-13(18)19/h12,16H,2-11H2,1H3,(H,18,19). The molecule has 2 fully saturated rings. The lowest BCUT2D eigenvalue weighted by Gasteiger charge is -2.40. The summed E-state index contributed by atoms with van der Waals surface area (Å²) in [5.41, 5.74) is -0.195. The number of rotatable bonds is 4. The molecule has 2 N–H and O–H groups in total.